The van der Waals surface area contributed by atoms with E-state index in [9.17, 15) is 45.6 Å². The lowest BCUT2D eigenvalue weighted by Gasteiger charge is -2.38. The quantitative estimate of drug-likeness (QED) is 0.169. The Morgan fingerprint density at radius 2 is 1.55 bits per heavy atom. The highest BCUT2D eigenvalue weighted by Crippen LogP contribution is 2.40. The molecule has 0 aliphatic carbocycles. The predicted octanol–water partition coefficient (Wildman–Crippen LogP) is -1.10. The molecule has 0 saturated carbocycles. The molecule has 0 bridgehead atoms. The third kappa shape index (κ3) is 5.32. The molecular weight excluding hydrogens is 564 g/mol. The number of ether oxygens (including phenoxy) is 5. The third-order valence-electron chi connectivity index (χ3n) is 7.10. The molecule has 1 aromatic heterocycles. The van der Waals surface area contributed by atoms with Crippen molar-refractivity contribution in [3.8, 4) is 40.1 Å². The maximum atomic E-state index is 13.7. The Morgan fingerprint density at radius 3 is 2.26 bits per heavy atom. The zero-order valence-corrected chi connectivity index (χ0v) is 22.2. The second-order valence-corrected chi connectivity index (χ2v) is 9.96. The average Bonchev–Trinajstić information content (AvgIpc) is 2.96. The molecule has 42 heavy (non-hydrogen) atoms. The molecule has 2 fully saturated rings. The van der Waals surface area contributed by atoms with E-state index in [1.807, 2.05) is 0 Å². The molecular formula is C27H30O15. The molecule has 2 saturated heterocycles. The number of hydrogen-bond acceptors (Lipinski definition) is 15. The minimum atomic E-state index is -1.77. The molecule has 0 radical (unpaired) electrons. The van der Waals surface area contributed by atoms with Crippen molar-refractivity contribution in [1.82, 2.24) is 0 Å². The van der Waals surface area contributed by atoms with E-state index in [4.69, 9.17) is 28.1 Å². The third-order valence-corrected chi connectivity index (χ3v) is 7.10. The summed E-state index contributed by atoms with van der Waals surface area (Å²) in [5, 5.41) is 81.1. The van der Waals surface area contributed by atoms with Crippen molar-refractivity contribution in [2.45, 2.75) is 62.2 Å². The van der Waals surface area contributed by atoms with E-state index in [0.717, 1.165) is 6.07 Å². The summed E-state index contributed by atoms with van der Waals surface area (Å²) in [5.41, 5.74) is -1.02. The first-order valence-electron chi connectivity index (χ1n) is 12.8. The maximum absolute atomic E-state index is 13.7. The Balaban J connectivity index is 1.61. The van der Waals surface area contributed by atoms with Crippen LogP contribution in [0.1, 0.15) is 6.92 Å². The smallest absolute Gasteiger partial charge is 0.239 e. The van der Waals surface area contributed by atoms with Gasteiger partial charge in [-0.25, -0.2) is 0 Å². The van der Waals surface area contributed by atoms with Crippen molar-refractivity contribution in [3.05, 3.63) is 40.6 Å². The minimum absolute atomic E-state index is 0.00641. The SMILES string of the molecule is COc1cc(-c2oc3cc(O[C@@H]4O[C@@H](C)[C@H](O)[C@@H](O)[C@H]4O)cc(O)c3c(=O)c2O[C@@H]2OC[C@@H](O)[C@@H](O)[C@@H]2O)ccc1O. The minimum Gasteiger partial charge on any atom is -0.507 e. The fourth-order valence-corrected chi connectivity index (χ4v) is 4.69. The van der Waals surface area contributed by atoms with E-state index in [2.05, 4.69) is 0 Å². The monoisotopic (exact) mass is 594 g/mol. The van der Waals surface area contributed by atoms with Crippen LogP contribution in [0.15, 0.2) is 39.5 Å². The standard InChI is InChI=1S/C27H30O15/c1-9-18(31)21(34)23(36)27(39-9)40-11-6-13(29)17-16(7-11)41-24(10-3-4-12(28)15(5-10)37-2)25(20(17)33)42-26-22(35)19(32)14(30)8-38-26/h3-7,9,14,18-19,21-23,26-32,34-36H,8H2,1-2H3/t9-,14+,18-,19+,21+,22-,23+,26-,27-/m0/s1. The molecule has 2 aliphatic heterocycles. The maximum Gasteiger partial charge on any atom is 0.239 e. The number of rotatable bonds is 6. The van der Waals surface area contributed by atoms with Crippen LogP contribution < -0.4 is 19.6 Å². The van der Waals surface area contributed by atoms with Crippen LogP contribution >= 0.6 is 0 Å². The second-order valence-electron chi connectivity index (χ2n) is 9.96. The lowest BCUT2D eigenvalue weighted by atomic mass is 10.00. The van der Waals surface area contributed by atoms with E-state index >= 15 is 0 Å². The molecule has 0 unspecified atom stereocenters. The van der Waals surface area contributed by atoms with Crippen LogP contribution in [0, 0.1) is 0 Å². The van der Waals surface area contributed by atoms with Gasteiger partial charge in [0.15, 0.2) is 17.3 Å². The van der Waals surface area contributed by atoms with Crippen molar-refractivity contribution in [3.63, 3.8) is 0 Å². The highest BCUT2D eigenvalue weighted by atomic mass is 16.7. The summed E-state index contributed by atoms with van der Waals surface area (Å²) >= 11 is 0. The van der Waals surface area contributed by atoms with Crippen molar-refractivity contribution in [1.29, 1.82) is 0 Å². The lowest BCUT2D eigenvalue weighted by Crippen LogP contribution is -2.58. The van der Waals surface area contributed by atoms with E-state index in [1.165, 1.54) is 38.3 Å². The van der Waals surface area contributed by atoms with Gasteiger partial charge in [0.2, 0.25) is 23.8 Å². The van der Waals surface area contributed by atoms with Gasteiger partial charge in [0.25, 0.3) is 0 Å². The number of phenolic OH excluding ortho intramolecular Hbond substituents is 2. The van der Waals surface area contributed by atoms with Crippen LogP contribution in [0.4, 0.5) is 0 Å². The van der Waals surface area contributed by atoms with Crippen molar-refractivity contribution in [2.75, 3.05) is 13.7 Å². The van der Waals surface area contributed by atoms with Crippen molar-refractivity contribution >= 4 is 11.0 Å². The molecule has 5 rings (SSSR count). The molecule has 15 nitrogen and oxygen atoms in total. The normalized spacial score (nSPS) is 31.6. The second kappa shape index (κ2) is 11.5. The first-order valence-corrected chi connectivity index (χ1v) is 12.8. The number of phenols is 2. The average molecular weight is 595 g/mol. The molecule has 3 heterocycles. The van der Waals surface area contributed by atoms with Crippen molar-refractivity contribution in [2.24, 2.45) is 0 Å². The van der Waals surface area contributed by atoms with Gasteiger partial charge in [0.05, 0.1) is 19.8 Å². The molecule has 2 aliphatic rings. The molecule has 9 atom stereocenters. The number of aliphatic hydroxyl groups is 6. The molecule has 2 aromatic carbocycles. The van der Waals surface area contributed by atoms with Crippen LogP contribution in [0.3, 0.4) is 0 Å². The molecule has 228 valence electrons. The van der Waals surface area contributed by atoms with Gasteiger partial charge in [-0.05, 0) is 25.1 Å². The Hall–Kier alpha value is -3.67. The summed E-state index contributed by atoms with van der Waals surface area (Å²) in [5.74, 6) is -1.82. The fourth-order valence-electron chi connectivity index (χ4n) is 4.69. The van der Waals surface area contributed by atoms with Gasteiger partial charge in [-0.1, -0.05) is 0 Å². The Morgan fingerprint density at radius 1 is 0.833 bits per heavy atom. The zero-order chi connectivity index (χ0) is 30.5. The molecule has 0 amide bonds. The summed E-state index contributed by atoms with van der Waals surface area (Å²) in [7, 11) is 1.30. The summed E-state index contributed by atoms with van der Waals surface area (Å²) < 4.78 is 33.1. The first-order chi connectivity index (χ1) is 19.9. The van der Waals surface area contributed by atoms with E-state index in [-0.39, 0.29) is 39.5 Å². The van der Waals surface area contributed by atoms with Gasteiger partial charge in [0, 0.05) is 17.7 Å². The molecule has 8 N–H and O–H groups in total. The van der Waals surface area contributed by atoms with Gasteiger partial charge < -0.3 is 69.0 Å². The number of benzene rings is 2. The number of hydrogen-bond donors (Lipinski definition) is 8. The van der Waals surface area contributed by atoms with Crippen LogP contribution in [-0.2, 0) is 9.47 Å². The largest absolute Gasteiger partial charge is 0.507 e. The van der Waals surface area contributed by atoms with Gasteiger partial charge in [-0.15, -0.1) is 0 Å². The number of aliphatic hydroxyl groups excluding tert-OH is 6. The molecule has 3 aromatic rings. The van der Waals surface area contributed by atoms with Gasteiger partial charge in [0.1, 0.15) is 59.1 Å². The Kier molecular flexibility index (Phi) is 8.19. The Bertz CT molecular complexity index is 1510. The number of methoxy groups -OCH3 is 1. The van der Waals surface area contributed by atoms with E-state index < -0.39 is 78.8 Å². The van der Waals surface area contributed by atoms with Crippen LogP contribution in [0.2, 0.25) is 0 Å². The molecule has 0 spiro atoms. The lowest BCUT2D eigenvalue weighted by molar-refractivity contribution is -0.268. The summed E-state index contributed by atoms with van der Waals surface area (Å²) in [4.78, 5) is 13.7. The highest BCUT2D eigenvalue weighted by molar-refractivity contribution is 5.88. The Labute approximate surface area is 236 Å². The van der Waals surface area contributed by atoms with Crippen molar-refractivity contribution < 1.29 is 69.0 Å². The van der Waals surface area contributed by atoms with E-state index in [0.29, 0.717) is 0 Å². The van der Waals surface area contributed by atoms with Gasteiger partial charge in [-0.3, -0.25) is 4.79 Å². The molecule has 15 heteroatoms. The fraction of sp³-hybridized carbons (Fsp3) is 0.444. The number of aromatic hydroxyl groups is 2. The highest BCUT2D eigenvalue weighted by Gasteiger charge is 2.43. The van der Waals surface area contributed by atoms with Gasteiger partial charge >= 0.3 is 0 Å². The van der Waals surface area contributed by atoms with Crippen LogP contribution in [-0.4, -0.2) is 110 Å². The summed E-state index contributed by atoms with van der Waals surface area (Å²) in [6.07, 6.45) is -13.4. The number of fused-ring (bicyclic) bond motifs is 1. The summed E-state index contributed by atoms with van der Waals surface area (Å²) in [6, 6.07) is 6.17. The summed E-state index contributed by atoms with van der Waals surface area (Å²) in [6.45, 7) is 1.04. The van der Waals surface area contributed by atoms with E-state index in [1.54, 1.807) is 0 Å². The zero-order valence-electron chi connectivity index (χ0n) is 22.2. The van der Waals surface area contributed by atoms with Crippen LogP contribution in [0.25, 0.3) is 22.3 Å². The topological polar surface area (TPSA) is 238 Å². The van der Waals surface area contributed by atoms with Gasteiger partial charge in [-0.2, -0.15) is 0 Å². The predicted molar refractivity (Wildman–Crippen MR) is 139 cm³/mol. The van der Waals surface area contributed by atoms with Crippen LogP contribution in [0.5, 0.6) is 28.7 Å². The first kappa shape index (κ1) is 29.8.